The maximum atomic E-state index is 13.2. The van der Waals surface area contributed by atoms with E-state index < -0.39 is 11.5 Å². The van der Waals surface area contributed by atoms with Crippen molar-refractivity contribution < 1.29 is 24.2 Å². The summed E-state index contributed by atoms with van der Waals surface area (Å²) in [6.45, 7) is 8.68. The van der Waals surface area contributed by atoms with Crippen LogP contribution in [-0.4, -0.2) is 35.9 Å². The van der Waals surface area contributed by atoms with Gasteiger partial charge < -0.3 is 14.6 Å². The number of carbonyl (C=O) groups is 2. The van der Waals surface area contributed by atoms with Crippen molar-refractivity contribution in [1.29, 1.82) is 0 Å². The third-order valence-corrected chi connectivity index (χ3v) is 10.2. The van der Waals surface area contributed by atoms with Gasteiger partial charge in [0.05, 0.1) is 18.3 Å². The minimum absolute atomic E-state index is 0.000920. The van der Waals surface area contributed by atoms with Gasteiger partial charge in [0.25, 0.3) is 0 Å². The first-order valence-electron chi connectivity index (χ1n) is 12.9. The van der Waals surface area contributed by atoms with E-state index in [2.05, 4.69) is 32.9 Å². The number of hydrogen-bond donors (Lipinski definition) is 1. The maximum Gasteiger partial charge on any atom is 0.338 e. The summed E-state index contributed by atoms with van der Waals surface area (Å²) in [5.74, 6) is 0.00937. The fraction of sp³-hybridized carbons (Fsp3) is 0.655. The van der Waals surface area contributed by atoms with Crippen molar-refractivity contribution >= 4 is 11.9 Å². The van der Waals surface area contributed by atoms with E-state index in [9.17, 15) is 14.7 Å². The Bertz CT molecular complexity index is 987. The average Bonchev–Trinajstić information content (AvgIpc) is 2.91. The molecule has 4 aliphatic rings. The molecule has 2 bridgehead atoms. The first-order valence-corrected chi connectivity index (χ1v) is 12.9. The Hall–Kier alpha value is -2.14. The topological polar surface area (TPSA) is 72.8 Å². The van der Waals surface area contributed by atoms with E-state index in [4.69, 9.17) is 9.47 Å². The largest absolute Gasteiger partial charge is 0.465 e. The summed E-state index contributed by atoms with van der Waals surface area (Å²) in [7, 11) is 0. The van der Waals surface area contributed by atoms with E-state index in [1.807, 2.05) is 18.2 Å². The van der Waals surface area contributed by atoms with E-state index in [0.717, 1.165) is 32.1 Å². The highest BCUT2D eigenvalue weighted by Crippen LogP contribution is 2.71. The predicted molar refractivity (Wildman–Crippen MR) is 129 cm³/mol. The highest BCUT2D eigenvalue weighted by atomic mass is 16.5. The number of allylic oxidation sites excluding steroid dienone is 1. The Balaban J connectivity index is 1.50. The number of rotatable bonds is 4. The fourth-order valence-electron chi connectivity index (χ4n) is 8.72. The SMILES string of the molecule is CC(=O)OC[C@@]1(C)CCC[C@]2(C)[C@@H]1CC[C@@]13[C@H](O)[C@@H](C=C[C@@H]21)[C@H](C)[C@H]3OC(=O)c1ccccc1. The van der Waals surface area contributed by atoms with Crippen LogP contribution >= 0.6 is 0 Å². The minimum Gasteiger partial charge on any atom is -0.465 e. The lowest BCUT2D eigenvalue weighted by Gasteiger charge is -2.64. The first kappa shape index (κ1) is 23.6. The molecule has 184 valence electrons. The third-order valence-electron chi connectivity index (χ3n) is 10.2. The van der Waals surface area contributed by atoms with Crippen molar-refractivity contribution in [3.05, 3.63) is 48.0 Å². The number of aliphatic hydroxyl groups is 1. The first-order chi connectivity index (χ1) is 16.1. The zero-order valence-electron chi connectivity index (χ0n) is 20.8. The quantitative estimate of drug-likeness (QED) is 0.489. The summed E-state index contributed by atoms with van der Waals surface area (Å²) in [5, 5.41) is 11.7. The minimum atomic E-state index is -0.523. The van der Waals surface area contributed by atoms with Gasteiger partial charge in [-0.05, 0) is 55.1 Å². The smallest absolute Gasteiger partial charge is 0.338 e. The molecule has 1 aromatic rings. The average molecular weight is 467 g/mol. The van der Waals surface area contributed by atoms with Gasteiger partial charge in [0, 0.05) is 29.6 Å². The third kappa shape index (κ3) is 3.30. The molecular weight excluding hydrogens is 428 g/mol. The van der Waals surface area contributed by atoms with Crippen LogP contribution in [0.4, 0.5) is 0 Å². The van der Waals surface area contributed by atoms with Gasteiger partial charge in [-0.1, -0.05) is 57.5 Å². The molecule has 0 aromatic heterocycles. The van der Waals surface area contributed by atoms with Gasteiger partial charge >= 0.3 is 11.9 Å². The van der Waals surface area contributed by atoms with Gasteiger partial charge in [0.2, 0.25) is 0 Å². The number of fused-ring (bicyclic) bond motifs is 3. The number of hydrogen-bond acceptors (Lipinski definition) is 5. The molecule has 5 rings (SSSR count). The van der Waals surface area contributed by atoms with Crippen LogP contribution in [0.5, 0.6) is 0 Å². The van der Waals surface area contributed by atoms with Gasteiger partial charge in [-0.15, -0.1) is 0 Å². The zero-order chi connectivity index (χ0) is 24.3. The number of carbonyl (C=O) groups excluding carboxylic acids is 2. The zero-order valence-corrected chi connectivity index (χ0v) is 20.8. The molecule has 0 saturated heterocycles. The highest BCUT2D eigenvalue weighted by molar-refractivity contribution is 5.89. The second-order valence-electron chi connectivity index (χ2n) is 11.9. The van der Waals surface area contributed by atoms with Crippen LogP contribution in [0.15, 0.2) is 42.5 Å². The highest BCUT2D eigenvalue weighted by Gasteiger charge is 2.71. The van der Waals surface area contributed by atoms with Crippen LogP contribution in [0, 0.1) is 39.9 Å². The van der Waals surface area contributed by atoms with Gasteiger partial charge in [0.1, 0.15) is 6.10 Å². The molecule has 5 heteroatoms. The Morgan fingerprint density at radius 2 is 1.82 bits per heavy atom. The van der Waals surface area contributed by atoms with Crippen molar-refractivity contribution in [2.24, 2.45) is 39.9 Å². The Kier molecular flexibility index (Phi) is 5.70. The molecule has 0 amide bonds. The normalized spacial score (nSPS) is 44.6. The Morgan fingerprint density at radius 1 is 1.09 bits per heavy atom. The summed E-state index contributed by atoms with van der Waals surface area (Å²) in [4.78, 5) is 24.8. The van der Waals surface area contributed by atoms with Crippen molar-refractivity contribution in [2.75, 3.05) is 6.61 Å². The summed E-state index contributed by atoms with van der Waals surface area (Å²) in [6.07, 6.45) is 8.60. The molecule has 1 N–H and O–H groups in total. The Labute approximate surface area is 202 Å². The molecule has 0 radical (unpaired) electrons. The summed E-state index contributed by atoms with van der Waals surface area (Å²) >= 11 is 0. The van der Waals surface area contributed by atoms with Crippen molar-refractivity contribution in [2.45, 2.75) is 72.0 Å². The molecular formula is C29H38O5. The number of ether oxygens (including phenoxy) is 2. The number of benzene rings is 1. The second kappa shape index (κ2) is 8.22. The van der Waals surface area contributed by atoms with Crippen LogP contribution in [0.1, 0.15) is 70.2 Å². The fourth-order valence-corrected chi connectivity index (χ4v) is 8.72. The molecule has 5 nitrogen and oxygen atoms in total. The molecule has 0 heterocycles. The molecule has 0 unspecified atom stereocenters. The van der Waals surface area contributed by atoms with Crippen LogP contribution in [-0.2, 0) is 14.3 Å². The van der Waals surface area contributed by atoms with Crippen molar-refractivity contribution in [1.82, 2.24) is 0 Å². The van der Waals surface area contributed by atoms with E-state index in [1.165, 1.54) is 6.92 Å². The summed E-state index contributed by atoms with van der Waals surface area (Å²) < 4.78 is 11.9. The summed E-state index contributed by atoms with van der Waals surface area (Å²) in [5.41, 5.74) is -0.0714. The van der Waals surface area contributed by atoms with E-state index >= 15 is 0 Å². The summed E-state index contributed by atoms with van der Waals surface area (Å²) in [6, 6.07) is 9.17. The van der Waals surface area contributed by atoms with E-state index in [1.54, 1.807) is 12.1 Å². The standard InChI is InChI=1S/C29H38O5/c1-18-21-11-12-23-28(4)15-8-14-27(3,17-33-19(2)30)22(28)13-16-29(23,24(21)31)25(18)34-26(32)20-9-6-5-7-10-20/h5-7,9-12,18,21-25,31H,8,13-17H2,1-4H3/t18-,21-,22+,23-,24+,25+,27+,28+,29-/m0/s1. The molecule has 4 aliphatic carbocycles. The monoisotopic (exact) mass is 466 g/mol. The molecule has 0 aliphatic heterocycles. The lowest BCUT2D eigenvalue weighted by molar-refractivity contribution is -0.193. The van der Waals surface area contributed by atoms with Crippen LogP contribution in [0.25, 0.3) is 0 Å². The van der Waals surface area contributed by atoms with Crippen molar-refractivity contribution in [3.63, 3.8) is 0 Å². The van der Waals surface area contributed by atoms with Gasteiger partial charge in [0.15, 0.2) is 0 Å². The number of esters is 2. The van der Waals surface area contributed by atoms with Crippen LogP contribution in [0.2, 0.25) is 0 Å². The van der Waals surface area contributed by atoms with Gasteiger partial charge in [-0.2, -0.15) is 0 Å². The molecule has 3 saturated carbocycles. The van der Waals surface area contributed by atoms with Gasteiger partial charge in [-0.25, -0.2) is 4.79 Å². The number of aliphatic hydroxyl groups excluding tert-OH is 1. The van der Waals surface area contributed by atoms with E-state index in [0.29, 0.717) is 18.1 Å². The predicted octanol–water partition coefficient (Wildman–Crippen LogP) is 5.18. The Morgan fingerprint density at radius 3 is 2.53 bits per heavy atom. The molecule has 1 spiro atoms. The maximum absolute atomic E-state index is 13.2. The molecule has 1 aromatic carbocycles. The molecule has 3 fully saturated rings. The second-order valence-corrected chi connectivity index (χ2v) is 11.9. The van der Waals surface area contributed by atoms with Crippen molar-refractivity contribution in [3.8, 4) is 0 Å². The van der Waals surface area contributed by atoms with Gasteiger partial charge in [-0.3, -0.25) is 4.79 Å². The van der Waals surface area contributed by atoms with Crippen LogP contribution in [0.3, 0.4) is 0 Å². The lowest BCUT2D eigenvalue weighted by atomic mass is 9.41. The van der Waals surface area contributed by atoms with Crippen LogP contribution < -0.4 is 0 Å². The molecule has 9 atom stereocenters. The lowest BCUT2D eigenvalue weighted by Crippen LogP contribution is -2.62. The molecule has 34 heavy (non-hydrogen) atoms. The van der Waals surface area contributed by atoms with E-state index in [-0.39, 0.29) is 46.6 Å².